The standard InChI is InChI=1S/C22H24N2O4/c1-15(2)22(17-6-7-19-20(14-17)28-11-10-27-19)24-21(25)13-16-4-3-5-18(12-16)26-9-8-23/h3-7,12,14-15,22H,9-11,13H2,1-2H3,(H,24,25)/t22-/m0/s1. The molecular weight excluding hydrogens is 356 g/mol. The van der Waals surface area contributed by atoms with Gasteiger partial charge in [0.25, 0.3) is 0 Å². The van der Waals surface area contributed by atoms with Gasteiger partial charge in [-0.25, -0.2) is 0 Å². The number of nitriles is 1. The summed E-state index contributed by atoms with van der Waals surface area (Å²) in [4.78, 5) is 12.7. The van der Waals surface area contributed by atoms with Crippen LogP contribution in [0.3, 0.4) is 0 Å². The molecule has 2 aromatic carbocycles. The molecule has 1 heterocycles. The normalized spacial score (nSPS) is 13.5. The summed E-state index contributed by atoms with van der Waals surface area (Å²) >= 11 is 0. The van der Waals surface area contributed by atoms with Crippen molar-refractivity contribution in [2.45, 2.75) is 26.3 Å². The van der Waals surface area contributed by atoms with E-state index in [1.54, 1.807) is 12.1 Å². The molecule has 0 saturated heterocycles. The molecule has 6 nitrogen and oxygen atoms in total. The van der Waals surface area contributed by atoms with E-state index in [4.69, 9.17) is 19.5 Å². The average molecular weight is 380 g/mol. The Hall–Kier alpha value is -3.20. The summed E-state index contributed by atoms with van der Waals surface area (Å²) in [6.07, 6.45) is 0.234. The van der Waals surface area contributed by atoms with E-state index in [0.717, 1.165) is 16.9 Å². The highest BCUT2D eigenvalue weighted by Gasteiger charge is 2.21. The molecule has 1 amide bonds. The molecule has 0 radical (unpaired) electrons. The summed E-state index contributed by atoms with van der Waals surface area (Å²) in [5.41, 5.74) is 1.82. The van der Waals surface area contributed by atoms with Crippen LogP contribution in [0.2, 0.25) is 0 Å². The van der Waals surface area contributed by atoms with Crippen LogP contribution < -0.4 is 19.5 Å². The number of fused-ring (bicyclic) bond motifs is 1. The maximum absolute atomic E-state index is 12.7. The summed E-state index contributed by atoms with van der Waals surface area (Å²) in [5.74, 6) is 2.16. The number of nitrogens with zero attached hydrogens (tertiary/aromatic N) is 1. The number of nitrogens with one attached hydrogen (secondary N) is 1. The third-order valence-corrected chi connectivity index (χ3v) is 4.48. The van der Waals surface area contributed by atoms with Gasteiger partial charge in [0, 0.05) is 0 Å². The summed E-state index contributed by atoms with van der Waals surface area (Å²) < 4.78 is 16.5. The lowest BCUT2D eigenvalue weighted by Crippen LogP contribution is -2.33. The quantitative estimate of drug-likeness (QED) is 0.796. The van der Waals surface area contributed by atoms with Crippen LogP contribution >= 0.6 is 0 Å². The second-order valence-corrected chi connectivity index (χ2v) is 6.96. The number of carbonyl (C=O) groups is 1. The van der Waals surface area contributed by atoms with E-state index >= 15 is 0 Å². The van der Waals surface area contributed by atoms with Crippen LogP contribution in [0, 0.1) is 17.2 Å². The number of carbonyl (C=O) groups excluding carboxylic acids is 1. The fourth-order valence-corrected chi connectivity index (χ4v) is 3.16. The van der Waals surface area contributed by atoms with E-state index in [-0.39, 0.29) is 30.9 Å². The lowest BCUT2D eigenvalue weighted by atomic mass is 9.95. The van der Waals surface area contributed by atoms with E-state index in [9.17, 15) is 4.79 Å². The van der Waals surface area contributed by atoms with Crippen molar-refractivity contribution in [1.29, 1.82) is 5.26 Å². The number of benzene rings is 2. The van der Waals surface area contributed by atoms with E-state index in [2.05, 4.69) is 19.2 Å². The van der Waals surface area contributed by atoms with Crippen molar-refractivity contribution in [1.82, 2.24) is 5.32 Å². The summed E-state index contributed by atoms with van der Waals surface area (Å²) in [6, 6.07) is 14.8. The van der Waals surface area contributed by atoms with Gasteiger partial charge in [-0.15, -0.1) is 0 Å². The van der Waals surface area contributed by atoms with Gasteiger partial charge in [0.05, 0.1) is 12.5 Å². The highest BCUT2D eigenvalue weighted by atomic mass is 16.6. The summed E-state index contributed by atoms with van der Waals surface area (Å²) in [5, 5.41) is 11.7. The third-order valence-electron chi connectivity index (χ3n) is 4.48. The minimum Gasteiger partial charge on any atom is -0.486 e. The molecule has 0 fully saturated rings. The van der Waals surface area contributed by atoms with E-state index in [1.165, 1.54) is 0 Å². The second-order valence-electron chi connectivity index (χ2n) is 6.96. The minimum absolute atomic E-state index is 0.0187. The lowest BCUT2D eigenvalue weighted by Gasteiger charge is -2.25. The molecule has 0 unspecified atom stereocenters. The minimum atomic E-state index is -0.138. The number of hydrogen-bond acceptors (Lipinski definition) is 5. The predicted molar refractivity (Wildman–Crippen MR) is 104 cm³/mol. The Morgan fingerprint density at radius 3 is 2.71 bits per heavy atom. The zero-order valence-corrected chi connectivity index (χ0v) is 16.1. The highest BCUT2D eigenvalue weighted by Crippen LogP contribution is 2.34. The van der Waals surface area contributed by atoms with Crippen LogP contribution in [0.4, 0.5) is 0 Å². The Kier molecular flexibility index (Phi) is 6.38. The van der Waals surface area contributed by atoms with E-state index < -0.39 is 0 Å². The molecule has 1 N–H and O–H groups in total. The molecule has 0 spiro atoms. The van der Waals surface area contributed by atoms with Gasteiger partial charge in [-0.1, -0.05) is 32.0 Å². The summed E-state index contributed by atoms with van der Waals surface area (Å²) in [7, 11) is 0. The zero-order valence-electron chi connectivity index (χ0n) is 16.1. The average Bonchev–Trinajstić information content (AvgIpc) is 2.70. The first-order chi connectivity index (χ1) is 13.6. The smallest absolute Gasteiger partial charge is 0.224 e. The van der Waals surface area contributed by atoms with Crippen molar-refractivity contribution in [2.75, 3.05) is 19.8 Å². The van der Waals surface area contributed by atoms with Crippen molar-refractivity contribution in [2.24, 2.45) is 5.92 Å². The van der Waals surface area contributed by atoms with Gasteiger partial charge in [0.1, 0.15) is 25.0 Å². The van der Waals surface area contributed by atoms with Gasteiger partial charge < -0.3 is 19.5 Å². The molecule has 0 saturated carbocycles. The van der Waals surface area contributed by atoms with Gasteiger partial charge in [-0.3, -0.25) is 4.79 Å². The van der Waals surface area contributed by atoms with Crippen LogP contribution in [0.5, 0.6) is 17.2 Å². The molecule has 1 atom stereocenters. The SMILES string of the molecule is CC(C)[C@H](NC(=O)Cc1cccc(OCC#N)c1)c1ccc2c(c1)OCCO2. The lowest BCUT2D eigenvalue weighted by molar-refractivity contribution is -0.121. The fraction of sp³-hybridized carbons (Fsp3) is 0.364. The molecule has 0 aliphatic carbocycles. The topological polar surface area (TPSA) is 80.6 Å². The van der Waals surface area contributed by atoms with Crippen molar-refractivity contribution in [3.8, 4) is 23.3 Å². The monoisotopic (exact) mass is 380 g/mol. The van der Waals surface area contributed by atoms with E-state index in [1.807, 2.05) is 36.4 Å². The van der Waals surface area contributed by atoms with E-state index in [0.29, 0.717) is 24.7 Å². The fourth-order valence-electron chi connectivity index (χ4n) is 3.16. The molecule has 2 aromatic rings. The Balaban J connectivity index is 1.69. The van der Waals surface area contributed by atoms with Crippen molar-refractivity contribution in [3.63, 3.8) is 0 Å². The van der Waals surface area contributed by atoms with Gasteiger partial charge in [-0.05, 0) is 41.3 Å². The third kappa shape index (κ3) is 4.95. The maximum Gasteiger partial charge on any atom is 0.224 e. The summed E-state index contributed by atoms with van der Waals surface area (Å²) in [6.45, 7) is 5.19. The van der Waals surface area contributed by atoms with Crippen molar-refractivity contribution >= 4 is 5.91 Å². The number of rotatable bonds is 7. The first-order valence-electron chi connectivity index (χ1n) is 9.34. The Bertz CT molecular complexity index is 873. The van der Waals surface area contributed by atoms with Crippen LogP contribution in [0.15, 0.2) is 42.5 Å². The van der Waals surface area contributed by atoms with Gasteiger partial charge in [0.15, 0.2) is 18.1 Å². The largest absolute Gasteiger partial charge is 0.486 e. The molecule has 1 aliphatic rings. The molecular formula is C22H24N2O4. The van der Waals surface area contributed by atoms with Gasteiger partial charge in [0.2, 0.25) is 5.91 Å². The first-order valence-corrected chi connectivity index (χ1v) is 9.34. The van der Waals surface area contributed by atoms with Crippen LogP contribution in [0.25, 0.3) is 0 Å². The van der Waals surface area contributed by atoms with Crippen LogP contribution in [0.1, 0.15) is 31.0 Å². The predicted octanol–water partition coefficient (Wildman–Crippen LogP) is 3.42. The van der Waals surface area contributed by atoms with Crippen molar-refractivity contribution < 1.29 is 19.0 Å². The Labute approximate surface area is 165 Å². The Morgan fingerprint density at radius 2 is 1.96 bits per heavy atom. The second kappa shape index (κ2) is 9.14. The highest BCUT2D eigenvalue weighted by molar-refractivity contribution is 5.79. The molecule has 0 aromatic heterocycles. The molecule has 3 rings (SSSR count). The number of ether oxygens (including phenoxy) is 3. The first kappa shape index (κ1) is 19.6. The van der Waals surface area contributed by atoms with Crippen molar-refractivity contribution in [3.05, 3.63) is 53.6 Å². The number of hydrogen-bond donors (Lipinski definition) is 1. The van der Waals surface area contributed by atoms with Gasteiger partial charge in [-0.2, -0.15) is 5.26 Å². The molecule has 1 aliphatic heterocycles. The molecule has 28 heavy (non-hydrogen) atoms. The molecule has 6 heteroatoms. The Morgan fingerprint density at radius 1 is 1.18 bits per heavy atom. The molecule has 146 valence electrons. The molecule has 0 bridgehead atoms. The van der Waals surface area contributed by atoms with Crippen LogP contribution in [-0.2, 0) is 11.2 Å². The van der Waals surface area contributed by atoms with Crippen LogP contribution in [-0.4, -0.2) is 25.7 Å². The number of amides is 1. The van der Waals surface area contributed by atoms with Gasteiger partial charge >= 0.3 is 0 Å². The maximum atomic E-state index is 12.7. The zero-order chi connectivity index (χ0) is 19.9.